The first kappa shape index (κ1) is 8.87. The molecular formula is C8H5N3O2. The SMILES string of the molecule is N#CC=Cc1ccc([N+](=O)[O-])nc1. The van der Waals surface area contributed by atoms with E-state index in [4.69, 9.17) is 5.26 Å². The van der Waals surface area contributed by atoms with E-state index in [9.17, 15) is 10.1 Å². The molecule has 0 aromatic carbocycles. The fourth-order valence-corrected chi connectivity index (χ4v) is 0.738. The standard InChI is InChI=1S/C8H5N3O2/c9-5-1-2-7-3-4-8(10-6-7)11(12)13/h1-4,6H. The fraction of sp³-hybridized carbons (Fsp3) is 0. The Morgan fingerprint density at radius 3 is 2.85 bits per heavy atom. The summed E-state index contributed by atoms with van der Waals surface area (Å²) in [6.45, 7) is 0. The Kier molecular flexibility index (Phi) is 2.71. The average molecular weight is 175 g/mol. The van der Waals surface area contributed by atoms with Gasteiger partial charge in [0.25, 0.3) is 0 Å². The number of rotatable bonds is 2. The monoisotopic (exact) mass is 175 g/mol. The molecule has 0 spiro atoms. The van der Waals surface area contributed by atoms with Crippen LogP contribution in [0, 0.1) is 21.4 Å². The van der Waals surface area contributed by atoms with Gasteiger partial charge in [-0.15, -0.1) is 0 Å². The fourth-order valence-electron chi connectivity index (χ4n) is 0.738. The van der Waals surface area contributed by atoms with Gasteiger partial charge in [0, 0.05) is 17.7 Å². The summed E-state index contributed by atoms with van der Waals surface area (Å²) in [5, 5.41) is 18.4. The van der Waals surface area contributed by atoms with Crippen LogP contribution in [0.15, 0.2) is 24.4 Å². The highest BCUT2D eigenvalue weighted by Gasteiger charge is 2.03. The molecule has 13 heavy (non-hydrogen) atoms. The van der Waals surface area contributed by atoms with E-state index in [1.54, 1.807) is 0 Å². The second kappa shape index (κ2) is 3.97. The van der Waals surface area contributed by atoms with Crippen molar-refractivity contribution in [3.05, 3.63) is 40.1 Å². The van der Waals surface area contributed by atoms with Gasteiger partial charge in [0.15, 0.2) is 0 Å². The van der Waals surface area contributed by atoms with Crippen LogP contribution in [0.5, 0.6) is 0 Å². The van der Waals surface area contributed by atoms with E-state index in [0.717, 1.165) is 0 Å². The highest BCUT2D eigenvalue weighted by molar-refractivity contribution is 5.51. The molecule has 0 radical (unpaired) electrons. The zero-order valence-electron chi connectivity index (χ0n) is 6.54. The van der Waals surface area contributed by atoms with E-state index in [-0.39, 0.29) is 5.82 Å². The molecular weight excluding hydrogens is 170 g/mol. The number of hydrogen-bond donors (Lipinski definition) is 0. The molecule has 1 aromatic heterocycles. The van der Waals surface area contributed by atoms with Crippen molar-refractivity contribution in [2.24, 2.45) is 0 Å². The molecule has 0 aliphatic carbocycles. The van der Waals surface area contributed by atoms with Gasteiger partial charge in [-0.3, -0.25) is 0 Å². The van der Waals surface area contributed by atoms with Gasteiger partial charge in [0.2, 0.25) is 0 Å². The lowest BCUT2D eigenvalue weighted by Crippen LogP contribution is -1.90. The van der Waals surface area contributed by atoms with E-state index in [0.29, 0.717) is 5.56 Å². The Hall–Kier alpha value is -2.22. The molecule has 0 bridgehead atoms. The lowest BCUT2D eigenvalue weighted by atomic mass is 10.2. The summed E-state index contributed by atoms with van der Waals surface area (Å²) < 4.78 is 0. The normalized spacial score (nSPS) is 9.77. The molecule has 0 aliphatic rings. The van der Waals surface area contributed by atoms with E-state index < -0.39 is 4.92 Å². The molecule has 0 N–H and O–H groups in total. The third kappa shape index (κ3) is 2.38. The topological polar surface area (TPSA) is 79.8 Å². The Morgan fingerprint density at radius 1 is 1.62 bits per heavy atom. The minimum absolute atomic E-state index is 0.200. The minimum atomic E-state index is -0.572. The molecule has 0 aliphatic heterocycles. The molecule has 64 valence electrons. The molecule has 5 heteroatoms. The second-order valence-electron chi connectivity index (χ2n) is 2.17. The van der Waals surface area contributed by atoms with Gasteiger partial charge >= 0.3 is 5.82 Å². The maximum atomic E-state index is 10.2. The number of pyridine rings is 1. The van der Waals surface area contributed by atoms with Crippen LogP contribution in [-0.2, 0) is 0 Å². The first-order valence-corrected chi connectivity index (χ1v) is 3.40. The predicted octanol–water partition coefficient (Wildman–Crippen LogP) is 1.53. The van der Waals surface area contributed by atoms with Crippen LogP contribution in [0.25, 0.3) is 6.08 Å². The zero-order chi connectivity index (χ0) is 9.68. The van der Waals surface area contributed by atoms with Crippen LogP contribution in [-0.4, -0.2) is 9.91 Å². The first-order chi connectivity index (χ1) is 6.24. The molecule has 0 fully saturated rings. The van der Waals surface area contributed by atoms with Crippen molar-refractivity contribution < 1.29 is 4.92 Å². The molecule has 0 saturated carbocycles. The van der Waals surface area contributed by atoms with Gasteiger partial charge in [-0.1, -0.05) is 0 Å². The van der Waals surface area contributed by atoms with Gasteiger partial charge < -0.3 is 10.1 Å². The maximum absolute atomic E-state index is 10.2. The average Bonchev–Trinajstić information content (AvgIpc) is 2.15. The number of nitrogens with zero attached hydrogens (tertiary/aromatic N) is 3. The Bertz CT molecular complexity index is 375. The quantitative estimate of drug-likeness (QED) is 0.387. The first-order valence-electron chi connectivity index (χ1n) is 3.40. The summed E-state index contributed by atoms with van der Waals surface area (Å²) in [5.74, 6) is -0.200. The van der Waals surface area contributed by atoms with Gasteiger partial charge in [0.05, 0.1) is 6.07 Å². The maximum Gasteiger partial charge on any atom is 0.363 e. The number of nitro groups is 1. The lowest BCUT2D eigenvalue weighted by molar-refractivity contribution is -0.389. The number of nitriles is 1. The highest BCUT2D eigenvalue weighted by Crippen LogP contribution is 2.08. The smallest absolute Gasteiger partial charge is 0.358 e. The van der Waals surface area contributed by atoms with Crippen molar-refractivity contribution in [2.45, 2.75) is 0 Å². The number of allylic oxidation sites excluding steroid dienone is 1. The van der Waals surface area contributed by atoms with E-state index in [1.165, 1.54) is 30.5 Å². The van der Waals surface area contributed by atoms with E-state index >= 15 is 0 Å². The van der Waals surface area contributed by atoms with Gasteiger partial charge in [-0.05, 0) is 22.0 Å². The van der Waals surface area contributed by atoms with Crippen LogP contribution in [0.3, 0.4) is 0 Å². The van der Waals surface area contributed by atoms with Crippen molar-refractivity contribution >= 4 is 11.9 Å². The summed E-state index contributed by atoms with van der Waals surface area (Å²) in [6, 6.07) is 4.63. The molecule has 1 heterocycles. The molecule has 5 nitrogen and oxygen atoms in total. The summed E-state index contributed by atoms with van der Waals surface area (Å²) in [7, 11) is 0. The molecule has 0 atom stereocenters. The summed E-state index contributed by atoms with van der Waals surface area (Å²) >= 11 is 0. The van der Waals surface area contributed by atoms with Crippen molar-refractivity contribution in [3.63, 3.8) is 0 Å². The third-order valence-corrected chi connectivity index (χ3v) is 1.31. The van der Waals surface area contributed by atoms with Gasteiger partial charge in [-0.2, -0.15) is 5.26 Å². The van der Waals surface area contributed by atoms with E-state index in [2.05, 4.69) is 4.98 Å². The minimum Gasteiger partial charge on any atom is -0.358 e. The van der Waals surface area contributed by atoms with Crippen LogP contribution < -0.4 is 0 Å². The highest BCUT2D eigenvalue weighted by atomic mass is 16.6. The number of aromatic nitrogens is 1. The van der Waals surface area contributed by atoms with Gasteiger partial charge in [-0.25, -0.2) is 0 Å². The molecule has 0 unspecified atom stereocenters. The summed E-state index contributed by atoms with van der Waals surface area (Å²) in [6.07, 6.45) is 4.14. The van der Waals surface area contributed by atoms with Crippen molar-refractivity contribution in [1.82, 2.24) is 4.98 Å². The second-order valence-corrected chi connectivity index (χ2v) is 2.17. The van der Waals surface area contributed by atoms with Crippen LogP contribution in [0.2, 0.25) is 0 Å². The van der Waals surface area contributed by atoms with Crippen LogP contribution >= 0.6 is 0 Å². The Labute approximate surface area is 74.1 Å². The largest absolute Gasteiger partial charge is 0.363 e. The third-order valence-electron chi connectivity index (χ3n) is 1.31. The zero-order valence-corrected chi connectivity index (χ0v) is 6.54. The summed E-state index contributed by atoms with van der Waals surface area (Å²) in [4.78, 5) is 13.2. The van der Waals surface area contributed by atoms with E-state index in [1.807, 2.05) is 6.07 Å². The molecule has 0 amide bonds. The van der Waals surface area contributed by atoms with Crippen molar-refractivity contribution in [3.8, 4) is 6.07 Å². The Balaban J connectivity index is 2.89. The van der Waals surface area contributed by atoms with Crippen LogP contribution in [0.1, 0.15) is 5.56 Å². The predicted molar refractivity (Wildman–Crippen MR) is 45.5 cm³/mol. The summed E-state index contributed by atoms with van der Waals surface area (Å²) in [5.41, 5.74) is 0.659. The molecule has 0 saturated heterocycles. The lowest BCUT2D eigenvalue weighted by Gasteiger charge is -1.90. The van der Waals surface area contributed by atoms with Gasteiger partial charge in [0.1, 0.15) is 6.20 Å². The molecule has 1 aromatic rings. The Morgan fingerprint density at radius 2 is 2.38 bits per heavy atom. The number of hydrogen-bond acceptors (Lipinski definition) is 4. The van der Waals surface area contributed by atoms with Crippen molar-refractivity contribution in [2.75, 3.05) is 0 Å². The molecule has 1 rings (SSSR count). The van der Waals surface area contributed by atoms with Crippen molar-refractivity contribution in [1.29, 1.82) is 5.26 Å². The van der Waals surface area contributed by atoms with Crippen LogP contribution in [0.4, 0.5) is 5.82 Å².